The lowest BCUT2D eigenvalue weighted by Gasteiger charge is -2.49. The highest BCUT2D eigenvalue weighted by molar-refractivity contribution is 5.84. The number of nitrogens with zero attached hydrogens (tertiary/aromatic N) is 2. The number of halogens is 2. The van der Waals surface area contributed by atoms with Crippen LogP contribution in [-0.4, -0.2) is 65.5 Å². The first kappa shape index (κ1) is 20.5. The van der Waals surface area contributed by atoms with Gasteiger partial charge in [-0.05, 0) is 37.5 Å². The van der Waals surface area contributed by atoms with Gasteiger partial charge in [0.15, 0.2) is 6.61 Å². The first-order chi connectivity index (χ1) is 13.2. The molecule has 3 rings (SSSR count). The van der Waals surface area contributed by atoms with E-state index in [0.29, 0.717) is 31.8 Å². The Balaban J connectivity index is 1.76. The van der Waals surface area contributed by atoms with Crippen molar-refractivity contribution in [2.75, 3.05) is 32.8 Å². The molecule has 2 heterocycles. The number of carbonyl (C=O) groups excluding carboxylic acids is 1. The van der Waals surface area contributed by atoms with Gasteiger partial charge in [0.05, 0.1) is 12.0 Å². The molecule has 0 unspecified atom stereocenters. The third kappa shape index (κ3) is 4.60. The van der Waals surface area contributed by atoms with Crippen molar-refractivity contribution >= 4 is 11.9 Å². The fourth-order valence-electron chi connectivity index (χ4n) is 4.43. The Labute approximate surface area is 163 Å². The monoisotopic (exact) mass is 396 g/mol. The van der Waals surface area contributed by atoms with Crippen LogP contribution >= 0.6 is 0 Å². The van der Waals surface area contributed by atoms with Crippen molar-refractivity contribution < 1.29 is 28.2 Å². The number of hydrogen-bond acceptors (Lipinski definition) is 4. The topological polar surface area (TPSA) is 70.1 Å². The van der Waals surface area contributed by atoms with Crippen LogP contribution in [0.5, 0.6) is 5.75 Å². The summed E-state index contributed by atoms with van der Waals surface area (Å²) in [6.45, 7) is 2.74. The summed E-state index contributed by atoms with van der Waals surface area (Å²) in [5.74, 6) is -3.80. The van der Waals surface area contributed by atoms with E-state index < -0.39 is 36.9 Å². The third-order valence-electron chi connectivity index (χ3n) is 5.45. The molecule has 8 heteroatoms. The number of benzene rings is 1. The minimum Gasteiger partial charge on any atom is -0.482 e. The van der Waals surface area contributed by atoms with Gasteiger partial charge in [0.1, 0.15) is 5.75 Å². The molecule has 2 fully saturated rings. The molecule has 2 aliphatic rings. The van der Waals surface area contributed by atoms with Crippen LogP contribution in [0.25, 0.3) is 0 Å². The summed E-state index contributed by atoms with van der Waals surface area (Å²) in [5, 5.41) is 8.72. The normalized spacial score (nSPS) is 25.1. The van der Waals surface area contributed by atoms with E-state index in [1.807, 2.05) is 6.92 Å². The van der Waals surface area contributed by atoms with Crippen molar-refractivity contribution in [3.8, 4) is 5.75 Å². The van der Waals surface area contributed by atoms with E-state index >= 15 is 0 Å². The Kier molecular flexibility index (Phi) is 5.88. The van der Waals surface area contributed by atoms with E-state index in [4.69, 9.17) is 9.84 Å². The number of hydrogen-bond donors (Lipinski definition) is 1. The maximum atomic E-state index is 14.6. The fraction of sp³-hybridized carbons (Fsp3) is 0.600. The molecular weight excluding hydrogens is 370 g/mol. The summed E-state index contributed by atoms with van der Waals surface area (Å²) in [7, 11) is 0. The molecule has 154 valence electrons. The number of ether oxygens (including phenoxy) is 1. The summed E-state index contributed by atoms with van der Waals surface area (Å²) in [5.41, 5.74) is -0.292. The quantitative estimate of drug-likeness (QED) is 0.801. The molecule has 1 amide bonds. The molecule has 0 aromatic heterocycles. The lowest BCUT2D eigenvalue weighted by atomic mass is 9.71. The number of alkyl halides is 2. The molecule has 6 nitrogen and oxygen atoms in total. The van der Waals surface area contributed by atoms with Gasteiger partial charge in [-0.15, -0.1) is 0 Å². The zero-order valence-electron chi connectivity index (χ0n) is 16.0. The van der Waals surface area contributed by atoms with E-state index in [1.54, 1.807) is 34.1 Å². The van der Waals surface area contributed by atoms with Crippen LogP contribution < -0.4 is 4.74 Å². The molecular formula is C20H26F2N2O4. The van der Waals surface area contributed by atoms with E-state index in [2.05, 4.69) is 0 Å². The highest BCUT2D eigenvalue weighted by atomic mass is 19.3. The summed E-state index contributed by atoms with van der Waals surface area (Å²) >= 11 is 0. The molecule has 0 bridgehead atoms. The lowest BCUT2D eigenvalue weighted by molar-refractivity contribution is -0.170. The number of piperidine rings is 2. The van der Waals surface area contributed by atoms with Gasteiger partial charge in [-0.25, -0.2) is 13.6 Å². The van der Waals surface area contributed by atoms with E-state index in [0.717, 1.165) is 12.0 Å². The van der Waals surface area contributed by atoms with Crippen LogP contribution in [0.15, 0.2) is 24.3 Å². The van der Waals surface area contributed by atoms with E-state index in [9.17, 15) is 18.4 Å². The van der Waals surface area contributed by atoms with E-state index in [-0.39, 0.29) is 12.5 Å². The second-order valence-corrected chi connectivity index (χ2v) is 7.78. The first-order valence-electron chi connectivity index (χ1n) is 9.56. The summed E-state index contributed by atoms with van der Waals surface area (Å²) in [6, 6.07) is 6.77. The van der Waals surface area contributed by atoms with Crippen LogP contribution in [0.3, 0.4) is 0 Å². The van der Waals surface area contributed by atoms with Gasteiger partial charge in [0, 0.05) is 32.6 Å². The minimum absolute atomic E-state index is 0.163. The van der Waals surface area contributed by atoms with Crippen molar-refractivity contribution in [3.05, 3.63) is 29.8 Å². The van der Waals surface area contributed by atoms with Crippen LogP contribution in [0, 0.1) is 5.41 Å². The summed E-state index contributed by atoms with van der Waals surface area (Å²) < 4.78 is 34.3. The maximum Gasteiger partial charge on any atom is 0.341 e. The van der Waals surface area contributed by atoms with Crippen molar-refractivity contribution in [1.29, 1.82) is 0 Å². The predicted octanol–water partition coefficient (Wildman–Crippen LogP) is 2.62. The molecule has 0 aliphatic carbocycles. The number of carboxylic acids is 1. The molecule has 28 heavy (non-hydrogen) atoms. The van der Waals surface area contributed by atoms with E-state index in [1.165, 1.54) is 0 Å². The Hall–Kier alpha value is -2.22. The number of likely N-dealkylation sites (tertiary alicyclic amines) is 2. The molecule has 2 aliphatic heterocycles. The molecule has 0 saturated carbocycles. The summed E-state index contributed by atoms with van der Waals surface area (Å²) in [4.78, 5) is 26.9. The SMILES string of the molecule is CCN1CCC[C@]2(CN(Cc3cccc(OCC(=O)O)c3)CC(F)(F)C2)C1=O. The second kappa shape index (κ2) is 8.03. The molecule has 2 saturated heterocycles. The van der Waals surface area contributed by atoms with Crippen LogP contribution in [0.2, 0.25) is 0 Å². The van der Waals surface area contributed by atoms with Gasteiger partial charge in [0.25, 0.3) is 5.92 Å². The molecule has 1 aromatic carbocycles. The smallest absolute Gasteiger partial charge is 0.341 e. The summed E-state index contributed by atoms with van der Waals surface area (Å²) in [6.07, 6.45) is 0.825. The van der Waals surface area contributed by atoms with Gasteiger partial charge >= 0.3 is 5.97 Å². The van der Waals surface area contributed by atoms with Gasteiger partial charge in [-0.1, -0.05) is 12.1 Å². The zero-order chi connectivity index (χ0) is 20.4. The van der Waals surface area contributed by atoms with Gasteiger partial charge in [-0.3, -0.25) is 9.69 Å². The number of carbonyl (C=O) groups is 2. The number of rotatable bonds is 6. The van der Waals surface area contributed by atoms with Gasteiger partial charge < -0.3 is 14.7 Å². The molecule has 0 radical (unpaired) electrons. The standard InChI is InChI=1S/C20H26F2N2O4/c1-2-24-8-4-7-19(18(24)27)12-20(21,22)14-23(13-19)10-15-5-3-6-16(9-15)28-11-17(25)26/h3,5-6,9H,2,4,7-8,10-14H2,1H3,(H,25,26)/t19-/m0/s1. The Morgan fingerprint density at radius 1 is 1.32 bits per heavy atom. The fourth-order valence-corrected chi connectivity index (χ4v) is 4.43. The Morgan fingerprint density at radius 3 is 2.82 bits per heavy atom. The third-order valence-corrected chi connectivity index (χ3v) is 5.45. The Bertz CT molecular complexity index is 743. The average molecular weight is 396 g/mol. The van der Waals surface area contributed by atoms with Crippen LogP contribution in [0.1, 0.15) is 31.7 Å². The highest BCUT2D eigenvalue weighted by Crippen LogP contribution is 2.45. The second-order valence-electron chi connectivity index (χ2n) is 7.78. The Morgan fingerprint density at radius 2 is 2.11 bits per heavy atom. The highest BCUT2D eigenvalue weighted by Gasteiger charge is 2.54. The first-order valence-corrected chi connectivity index (χ1v) is 9.56. The molecule has 1 atom stereocenters. The number of carboxylic acid groups (broad SMARTS) is 1. The van der Waals surface area contributed by atoms with Crippen molar-refractivity contribution in [1.82, 2.24) is 9.80 Å². The molecule has 1 N–H and O–H groups in total. The van der Waals surface area contributed by atoms with Crippen LogP contribution in [-0.2, 0) is 16.1 Å². The van der Waals surface area contributed by atoms with Crippen molar-refractivity contribution in [3.63, 3.8) is 0 Å². The van der Waals surface area contributed by atoms with Crippen LogP contribution in [0.4, 0.5) is 8.78 Å². The van der Waals surface area contributed by atoms with Gasteiger partial charge in [-0.2, -0.15) is 0 Å². The predicted molar refractivity (Wildman–Crippen MR) is 98.3 cm³/mol. The molecule has 1 aromatic rings. The zero-order valence-corrected chi connectivity index (χ0v) is 16.0. The number of aliphatic carboxylic acids is 1. The van der Waals surface area contributed by atoms with Crippen molar-refractivity contribution in [2.45, 2.75) is 38.7 Å². The number of amides is 1. The lowest BCUT2D eigenvalue weighted by Crippen LogP contribution is -2.60. The largest absolute Gasteiger partial charge is 0.482 e. The van der Waals surface area contributed by atoms with Crippen molar-refractivity contribution in [2.24, 2.45) is 5.41 Å². The maximum absolute atomic E-state index is 14.6. The minimum atomic E-state index is -2.93. The molecule has 1 spiro atoms. The average Bonchev–Trinajstić information content (AvgIpc) is 2.61. The van der Waals surface area contributed by atoms with Gasteiger partial charge in [0.2, 0.25) is 5.91 Å².